The van der Waals surface area contributed by atoms with Gasteiger partial charge in [-0.15, -0.1) is 0 Å². The topological polar surface area (TPSA) is 21.3 Å². The van der Waals surface area contributed by atoms with Gasteiger partial charge in [-0.05, 0) is 36.2 Å². The van der Waals surface area contributed by atoms with Gasteiger partial charge in [-0.1, -0.05) is 43.3 Å². The smallest absolute Gasteiger partial charge is 0.167 e. The first-order valence-electron chi connectivity index (χ1n) is 6.87. The zero-order chi connectivity index (χ0) is 14.4. The van der Waals surface area contributed by atoms with Gasteiger partial charge in [0.15, 0.2) is 11.6 Å². The highest BCUT2D eigenvalue weighted by Crippen LogP contribution is 2.21. The predicted octanol–water partition coefficient (Wildman–Crippen LogP) is 3.82. The van der Waals surface area contributed by atoms with E-state index in [4.69, 9.17) is 4.74 Å². The molecule has 0 spiro atoms. The molecule has 0 unspecified atom stereocenters. The van der Waals surface area contributed by atoms with Gasteiger partial charge in [-0.3, -0.25) is 0 Å². The Kier molecular flexibility index (Phi) is 5.13. The van der Waals surface area contributed by atoms with Crippen LogP contribution in [0.1, 0.15) is 23.6 Å². The van der Waals surface area contributed by atoms with E-state index < -0.39 is 0 Å². The first-order valence-corrected chi connectivity index (χ1v) is 6.87. The Balaban J connectivity index is 2.01. The lowest BCUT2D eigenvalue weighted by molar-refractivity contribution is 0.289. The molecule has 3 heteroatoms. The lowest BCUT2D eigenvalue weighted by atomic mass is 10.1. The van der Waals surface area contributed by atoms with E-state index in [0.717, 1.165) is 18.7 Å². The minimum Gasteiger partial charge on any atom is -0.486 e. The summed E-state index contributed by atoms with van der Waals surface area (Å²) in [5.41, 5.74) is 2.85. The van der Waals surface area contributed by atoms with Gasteiger partial charge in [0.25, 0.3) is 0 Å². The molecule has 0 radical (unpaired) electrons. The van der Waals surface area contributed by atoms with Crippen LogP contribution in [0.25, 0.3) is 0 Å². The summed E-state index contributed by atoms with van der Waals surface area (Å²) >= 11 is 0. The molecular formula is C17H20FNO. The summed E-state index contributed by atoms with van der Waals surface area (Å²) in [5.74, 6) is 0.0263. The van der Waals surface area contributed by atoms with Gasteiger partial charge in [-0.25, -0.2) is 4.39 Å². The molecule has 0 fully saturated rings. The fourth-order valence-electron chi connectivity index (χ4n) is 1.99. The summed E-state index contributed by atoms with van der Waals surface area (Å²) in [4.78, 5) is 0. The summed E-state index contributed by atoms with van der Waals surface area (Å²) in [5, 5.41) is 3.28. The average molecular weight is 273 g/mol. The van der Waals surface area contributed by atoms with Gasteiger partial charge in [0.05, 0.1) is 0 Å². The Morgan fingerprint density at radius 2 is 1.85 bits per heavy atom. The van der Waals surface area contributed by atoms with Crippen molar-refractivity contribution in [3.05, 3.63) is 65.0 Å². The Hall–Kier alpha value is -1.87. The molecule has 0 bridgehead atoms. The predicted molar refractivity (Wildman–Crippen MR) is 79.3 cm³/mol. The molecule has 0 heterocycles. The fourth-order valence-corrected chi connectivity index (χ4v) is 1.99. The Labute approximate surface area is 119 Å². The molecule has 0 atom stereocenters. The van der Waals surface area contributed by atoms with Crippen LogP contribution in [0.4, 0.5) is 4.39 Å². The minimum absolute atomic E-state index is 0.281. The summed E-state index contributed by atoms with van der Waals surface area (Å²) in [6, 6.07) is 13.3. The largest absolute Gasteiger partial charge is 0.486 e. The van der Waals surface area contributed by atoms with Crippen molar-refractivity contribution in [1.29, 1.82) is 0 Å². The number of ether oxygens (including phenoxy) is 1. The van der Waals surface area contributed by atoms with Crippen molar-refractivity contribution in [1.82, 2.24) is 5.32 Å². The number of hydrogen-bond donors (Lipinski definition) is 1. The fraction of sp³-hybridized carbons (Fsp3) is 0.294. The maximum absolute atomic E-state index is 13.8. The van der Waals surface area contributed by atoms with Crippen molar-refractivity contribution < 1.29 is 9.13 Å². The SMILES string of the molecule is CCNCc1cccc(COc2cccc(C)c2F)c1. The van der Waals surface area contributed by atoms with Crippen molar-refractivity contribution in [2.75, 3.05) is 6.54 Å². The number of halogens is 1. The van der Waals surface area contributed by atoms with Crippen LogP contribution >= 0.6 is 0 Å². The maximum Gasteiger partial charge on any atom is 0.167 e. The van der Waals surface area contributed by atoms with Gasteiger partial charge in [0.2, 0.25) is 0 Å². The van der Waals surface area contributed by atoms with Crippen molar-refractivity contribution >= 4 is 0 Å². The average Bonchev–Trinajstić information content (AvgIpc) is 2.47. The van der Waals surface area contributed by atoms with E-state index in [1.807, 2.05) is 12.1 Å². The lowest BCUT2D eigenvalue weighted by Crippen LogP contribution is -2.11. The standard InChI is InChI=1S/C17H20FNO/c1-3-19-11-14-7-5-8-15(10-14)12-20-16-9-4-6-13(2)17(16)18/h4-10,19H,3,11-12H2,1-2H3. The van der Waals surface area contributed by atoms with Crippen LogP contribution in [0.5, 0.6) is 5.75 Å². The third-order valence-corrected chi connectivity index (χ3v) is 3.12. The highest BCUT2D eigenvalue weighted by Gasteiger charge is 2.06. The van der Waals surface area contributed by atoms with Crippen molar-refractivity contribution in [2.24, 2.45) is 0 Å². The highest BCUT2D eigenvalue weighted by molar-refractivity contribution is 5.31. The van der Waals surface area contributed by atoms with Gasteiger partial charge >= 0.3 is 0 Å². The summed E-state index contributed by atoms with van der Waals surface area (Å²) in [7, 11) is 0. The molecule has 0 aliphatic heterocycles. The Bertz CT molecular complexity index is 569. The van der Waals surface area contributed by atoms with Crippen LogP contribution in [0, 0.1) is 12.7 Å². The van der Waals surface area contributed by atoms with Gasteiger partial charge in [0, 0.05) is 6.54 Å². The Morgan fingerprint density at radius 1 is 1.10 bits per heavy atom. The van der Waals surface area contributed by atoms with Crippen LogP contribution < -0.4 is 10.1 Å². The minimum atomic E-state index is -0.281. The lowest BCUT2D eigenvalue weighted by Gasteiger charge is -2.10. The second-order valence-corrected chi connectivity index (χ2v) is 4.78. The monoisotopic (exact) mass is 273 g/mol. The molecule has 20 heavy (non-hydrogen) atoms. The third-order valence-electron chi connectivity index (χ3n) is 3.12. The van der Waals surface area contributed by atoms with E-state index in [-0.39, 0.29) is 5.82 Å². The molecule has 2 nitrogen and oxygen atoms in total. The van der Waals surface area contributed by atoms with Crippen LogP contribution in [0.3, 0.4) is 0 Å². The second-order valence-electron chi connectivity index (χ2n) is 4.78. The highest BCUT2D eigenvalue weighted by atomic mass is 19.1. The molecule has 0 aliphatic carbocycles. The number of nitrogens with one attached hydrogen (secondary N) is 1. The van der Waals surface area contributed by atoms with Gasteiger partial charge < -0.3 is 10.1 Å². The van der Waals surface area contributed by atoms with Gasteiger partial charge in [0.1, 0.15) is 6.61 Å². The van der Waals surface area contributed by atoms with Crippen LogP contribution in [-0.4, -0.2) is 6.54 Å². The first kappa shape index (κ1) is 14.5. The molecule has 1 N–H and O–H groups in total. The maximum atomic E-state index is 13.8. The van der Waals surface area contributed by atoms with E-state index in [1.165, 1.54) is 5.56 Å². The number of aryl methyl sites for hydroxylation is 1. The summed E-state index contributed by atoms with van der Waals surface area (Å²) in [6.07, 6.45) is 0. The number of benzene rings is 2. The first-order chi connectivity index (χ1) is 9.70. The molecule has 2 rings (SSSR count). The molecule has 0 saturated carbocycles. The molecule has 0 saturated heterocycles. The number of rotatable bonds is 6. The van der Waals surface area contributed by atoms with E-state index in [9.17, 15) is 4.39 Å². The van der Waals surface area contributed by atoms with E-state index >= 15 is 0 Å². The molecular weight excluding hydrogens is 253 g/mol. The molecule has 0 aromatic heterocycles. The molecule has 0 amide bonds. The van der Waals surface area contributed by atoms with Crippen LogP contribution in [-0.2, 0) is 13.2 Å². The normalized spacial score (nSPS) is 10.6. The molecule has 106 valence electrons. The zero-order valence-electron chi connectivity index (χ0n) is 11.9. The summed E-state index contributed by atoms with van der Waals surface area (Å²) < 4.78 is 19.4. The van der Waals surface area contributed by atoms with Crippen molar-refractivity contribution in [3.8, 4) is 5.75 Å². The van der Waals surface area contributed by atoms with Gasteiger partial charge in [-0.2, -0.15) is 0 Å². The number of hydrogen-bond acceptors (Lipinski definition) is 2. The Morgan fingerprint density at radius 3 is 2.65 bits per heavy atom. The van der Waals surface area contributed by atoms with Crippen molar-refractivity contribution in [3.63, 3.8) is 0 Å². The van der Waals surface area contributed by atoms with E-state index in [1.54, 1.807) is 25.1 Å². The molecule has 2 aromatic rings. The second kappa shape index (κ2) is 7.06. The zero-order valence-corrected chi connectivity index (χ0v) is 11.9. The van der Waals surface area contributed by atoms with E-state index in [0.29, 0.717) is 17.9 Å². The van der Waals surface area contributed by atoms with Crippen LogP contribution in [0.2, 0.25) is 0 Å². The van der Waals surface area contributed by atoms with Crippen molar-refractivity contribution in [2.45, 2.75) is 27.0 Å². The van der Waals surface area contributed by atoms with E-state index in [2.05, 4.69) is 24.4 Å². The van der Waals surface area contributed by atoms with Crippen LogP contribution in [0.15, 0.2) is 42.5 Å². The third kappa shape index (κ3) is 3.81. The quantitative estimate of drug-likeness (QED) is 0.864. The molecule has 2 aromatic carbocycles. The summed E-state index contributed by atoms with van der Waals surface area (Å²) in [6.45, 7) is 5.96. The molecule has 0 aliphatic rings.